The number of carbonyl (C=O) groups is 3. The van der Waals surface area contributed by atoms with Crippen LogP contribution >= 0.6 is 50.9 Å². The zero-order valence-corrected chi connectivity index (χ0v) is 22.8. The van der Waals surface area contributed by atoms with Crippen LogP contribution in [0.1, 0.15) is 16.7 Å². The summed E-state index contributed by atoms with van der Waals surface area (Å²) in [7, 11) is 0. The number of anilines is 1. The molecule has 1 aliphatic heterocycles. The second-order valence-corrected chi connectivity index (χ2v) is 10.6. The van der Waals surface area contributed by atoms with Gasteiger partial charge in [0.05, 0.1) is 16.5 Å². The third-order valence-electron chi connectivity index (χ3n) is 5.20. The van der Waals surface area contributed by atoms with Gasteiger partial charge in [-0.2, -0.15) is 0 Å². The molecule has 3 aromatic rings. The summed E-state index contributed by atoms with van der Waals surface area (Å²) in [4.78, 5) is 39.0. The Kier molecular flexibility index (Phi) is 8.41. The average molecular weight is 606 g/mol. The summed E-state index contributed by atoms with van der Waals surface area (Å²) in [5, 5.41) is 3.20. The summed E-state index contributed by atoms with van der Waals surface area (Å²) in [5.74, 6) is -0.416. The van der Waals surface area contributed by atoms with Crippen molar-refractivity contribution >= 4 is 79.7 Å². The fourth-order valence-corrected chi connectivity index (χ4v) is 4.82. The summed E-state index contributed by atoms with van der Waals surface area (Å²) in [5.41, 5.74) is 2.95. The first-order valence-corrected chi connectivity index (χ1v) is 13.0. The number of hydrogen-bond donors (Lipinski definition) is 1. The van der Waals surface area contributed by atoms with Crippen molar-refractivity contribution in [1.29, 1.82) is 0 Å². The van der Waals surface area contributed by atoms with Crippen molar-refractivity contribution in [3.05, 3.63) is 96.8 Å². The molecule has 1 N–H and O–H groups in total. The van der Waals surface area contributed by atoms with E-state index in [2.05, 4.69) is 21.2 Å². The second-order valence-electron chi connectivity index (χ2n) is 7.88. The van der Waals surface area contributed by atoms with Crippen LogP contribution in [0.4, 0.5) is 10.5 Å². The highest BCUT2D eigenvalue weighted by molar-refractivity contribution is 9.10. The maximum absolute atomic E-state index is 12.8. The van der Waals surface area contributed by atoms with Gasteiger partial charge in [0.2, 0.25) is 0 Å². The van der Waals surface area contributed by atoms with Crippen LogP contribution in [0.2, 0.25) is 10.0 Å². The Hall–Kier alpha value is -2.78. The Morgan fingerprint density at radius 3 is 2.50 bits per heavy atom. The van der Waals surface area contributed by atoms with Crippen LogP contribution in [0, 0.1) is 6.92 Å². The Labute approximate surface area is 230 Å². The summed E-state index contributed by atoms with van der Waals surface area (Å²) in [6.07, 6.45) is 1.61. The predicted molar refractivity (Wildman–Crippen MR) is 147 cm³/mol. The number of nitrogens with one attached hydrogen (secondary N) is 1. The van der Waals surface area contributed by atoms with Gasteiger partial charge in [-0.05, 0) is 77.9 Å². The lowest BCUT2D eigenvalue weighted by atomic mass is 10.2. The van der Waals surface area contributed by atoms with E-state index in [0.29, 0.717) is 26.9 Å². The van der Waals surface area contributed by atoms with Crippen molar-refractivity contribution < 1.29 is 19.1 Å². The molecule has 1 fully saturated rings. The minimum atomic E-state index is -0.366. The Balaban J connectivity index is 1.37. The van der Waals surface area contributed by atoms with E-state index >= 15 is 0 Å². The molecule has 0 atom stereocenters. The maximum Gasteiger partial charge on any atom is 0.293 e. The molecular weight excluding hydrogens is 587 g/mol. The fraction of sp³-hybridized carbons (Fsp3) is 0.115. The normalized spacial score (nSPS) is 14.4. The van der Waals surface area contributed by atoms with Gasteiger partial charge in [0.15, 0.2) is 6.61 Å². The van der Waals surface area contributed by atoms with E-state index in [1.165, 1.54) is 4.90 Å². The summed E-state index contributed by atoms with van der Waals surface area (Å²) in [6, 6.07) is 17.6. The molecule has 0 radical (unpaired) electrons. The van der Waals surface area contributed by atoms with Gasteiger partial charge in [-0.1, -0.05) is 63.4 Å². The molecule has 3 amide bonds. The van der Waals surface area contributed by atoms with Crippen molar-refractivity contribution in [1.82, 2.24) is 4.90 Å². The molecule has 0 saturated carbocycles. The number of hydrogen-bond acceptors (Lipinski definition) is 5. The van der Waals surface area contributed by atoms with E-state index in [1.807, 2.05) is 37.3 Å². The number of rotatable bonds is 7. The SMILES string of the molecule is Cc1ccc(NC(=O)COc2ccc(/C=C3\SC(=O)N(Cc4ccc(Br)cc4)C3=O)cc2Cl)cc1Cl. The molecule has 1 aliphatic rings. The Morgan fingerprint density at radius 1 is 1.06 bits per heavy atom. The third kappa shape index (κ3) is 6.50. The minimum absolute atomic E-state index is 0.194. The maximum atomic E-state index is 12.8. The van der Waals surface area contributed by atoms with Crippen LogP contribution in [-0.4, -0.2) is 28.6 Å². The third-order valence-corrected chi connectivity index (χ3v) is 7.33. The van der Waals surface area contributed by atoms with Gasteiger partial charge in [-0.15, -0.1) is 0 Å². The smallest absolute Gasteiger partial charge is 0.293 e. The highest BCUT2D eigenvalue weighted by atomic mass is 79.9. The molecule has 3 aromatic carbocycles. The lowest BCUT2D eigenvalue weighted by Crippen LogP contribution is -2.27. The molecule has 0 bridgehead atoms. The summed E-state index contributed by atoms with van der Waals surface area (Å²) >= 11 is 16.7. The number of halogens is 3. The van der Waals surface area contributed by atoms with E-state index in [9.17, 15) is 14.4 Å². The number of benzene rings is 3. The zero-order valence-electron chi connectivity index (χ0n) is 18.9. The Bertz CT molecular complexity index is 1380. The van der Waals surface area contributed by atoms with Gasteiger partial charge in [0.25, 0.3) is 17.1 Å². The largest absolute Gasteiger partial charge is 0.482 e. The number of carbonyl (C=O) groups excluding carboxylic acids is 3. The number of aryl methyl sites for hydroxylation is 1. The molecule has 1 saturated heterocycles. The van der Waals surface area contributed by atoms with Gasteiger partial charge < -0.3 is 10.1 Å². The van der Waals surface area contributed by atoms with Crippen LogP contribution in [0.25, 0.3) is 6.08 Å². The van der Waals surface area contributed by atoms with Gasteiger partial charge in [-0.3, -0.25) is 19.3 Å². The fourth-order valence-electron chi connectivity index (χ4n) is 3.29. The van der Waals surface area contributed by atoms with E-state index in [4.69, 9.17) is 27.9 Å². The molecular formula is C26H19BrCl2N2O4S. The van der Waals surface area contributed by atoms with Gasteiger partial charge in [-0.25, -0.2) is 0 Å². The molecule has 4 rings (SSSR count). The molecule has 10 heteroatoms. The van der Waals surface area contributed by atoms with Crippen molar-refractivity contribution in [2.24, 2.45) is 0 Å². The highest BCUT2D eigenvalue weighted by Crippen LogP contribution is 2.35. The minimum Gasteiger partial charge on any atom is -0.482 e. The number of amides is 3. The Morgan fingerprint density at radius 2 is 1.81 bits per heavy atom. The number of ether oxygens (including phenoxy) is 1. The van der Waals surface area contributed by atoms with Gasteiger partial charge in [0.1, 0.15) is 5.75 Å². The van der Waals surface area contributed by atoms with Crippen LogP contribution in [0.3, 0.4) is 0 Å². The second kappa shape index (κ2) is 11.5. The van der Waals surface area contributed by atoms with Crippen molar-refractivity contribution in [2.75, 3.05) is 11.9 Å². The molecule has 0 aromatic heterocycles. The van der Waals surface area contributed by atoms with E-state index < -0.39 is 0 Å². The van der Waals surface area contributed by atoms with Crippen LogP contribution in [0.15, 0.2) is 70.0 Å². The molecule has 6 nitrogen and oxygen atoms in total. The monoisotopic (exact) mass is 604 g/mol. The van der Waals surface area contributed by atoms with Gasteiger partial charge >= 0.3 is 0 Å². The number of nitrogens with zero attached hydrogens (tertiary/aromatic N) is 1. The number of imide groups is 1. The highest BCUT2D eigenvalue weighted by Gasteiger charge is 2.35. The van der Waals surface area contributed by atoms with Crippen molar-refractivity contribution in [3.63, 3.8) is 0 Å². The molecule has 0 spiro atoms. The van der Waals surface area contributed by atoms with Crippen molar-refractivity contribution in [2.45, 2.75) is 13.5 Å². The lowest BCUT2D eigenvalue weighted by Gasteiger charge is -2.12. The first-order valence-electron chi connectivity index (χ1n) is 10.7. The van der Waals surface area contributed by atoms with Crippen LogP contribution in [-0.2, 0) is 16.1 Å². The number of thioether (sulfide) groups is 1. The predicted octanol–water partition coefficient (Wildman–Crippen LogP) is 7.32. The quantitative estimate of drug-likeness (QED) is 0.286. The van der Waals surface area contributed by atoms with Crippen LogP contribution < -0.4 is 10.1 Å². The summed E-state index contributed by atoms with van der Waals surface area (Å²) in [6.45, 7) is 1.82. The van der Waals surface area contributed by atoms with Crippen molar-refractivity contribution in [3.8, 4) is 5.75 Å². The lowest BCUT2D eigenvalue weighted by molar-refractivity contribution is -0.123. The molecule has 36 heavy (non-hydrogen) atoms. The van der Waals surface area contributed by atoms with E-state index in [-0.39, 0.29) is 35.2 Å². The zero-order chi connectivity index (χ0) is 25.8. The molecule has 0 unspecified atom stereocenters. The molecule has 1 heterocycles. The van der Waals surface area contributed by atoms with E-state index in [1.54, 1.807) is 36.4 Å². The van der Waals surface area contributed by atoms with E-state index in [0.717, 1.165) is 27.4 Å². The molecule has 0 aliphatic carbocycles. The first kappa shape index (κ1) is 26.3. The average Bonchev–Trinajstić information content (AvgIpc) is 3.09. The van der Waals surface area contributed by atoms with Gasteiger partial charge in [0, 0.05) is 15.2 Å². The summed E-state index contributed by atoms with van der Waals surface area (Å²) < 4.78 is 6.46. The van der Waals surface area contributed by atoms with Crippen LogP contribution in [0.5, 0.6) is 5.75 Å². The first-order chi connectivity index (χ1) is 17.2. The molecule has 184 valence electrons. The topological polar surface area (TPSA) is 75.7 Å². The standard InChI is InChI=1S/C26H19BrCl2N2O4S/c1-15-2-8-19(12-20(15)28)30-24(32)14-35-22-9-5-17(10-21(22)29)11-23-25(33)31(26(34)36-23)13-16-3-6-18(27)7-4-16/h2-12H,13-14H2,1H3,(H,30,32)/b23-11-.